The smallest absolute Gasteiger partial charge is 0.154 e. The number of rotatable bonds is 7. The van der Waals surface area contributed by atoms with Crippen LogP contribution >= 0.6 is 23.2 Å². The maximum absolute atomic E-state index is 13.6. The number of nitrogens with zero attached hydrogens (tertiary/aromatic N) is 2. The van der Waals surface area contributed by atoms with E-state index in [9.17, 15) is 13.2 Å². The summed E-state index contributed by atoms with van der Waals surface area (Å²) in [5.74, 6) is -2.12. The lowest BCUT2D eigenvalue weighted by Gasteiger charge is -2.23. The molecule has 25 heavy (non-hydrogen) atoms. The third-order valence-electron chi connectivity index (χ3n) is 3.64. The highest BCUT2D eigenvalue weighted by Crippen LogP contribution is 2.24. The molecule has 0 fully saturated rings. The Labute approximate surface area is 154 Å². The van der Waals surface area contributed by atoms with Crippen molar-refractivity contribution in [2.24, 2.45) is 4.99 Å². The summed E-state index contributed by atoms with van der Waals surface area (Å²) < 4.78 is 40.2. The Morgan fingerprint density at radius 1 is 1.00 bits per heavy atom. The van der Waals surface area contributed by atoms with E-state index in [1.165, 1.54) is 6.21 Å². The molecule has 0 amide bonds. The van der Waals surface area contributed by atoms with E-state index in [2.05, 4.69) is 4.99 Å². The monoisotopic (exact) mass is 388 g/mol. The molecule has 2 nitrogen and oxygen atoms in total. The van der Waals surface area contributed by atoms with E-state index < -0.39 is 23.1 Å². The fourth-order valence-corrected chi connectivity index (χ4v) is 2.78. The predicted molar refractivity (Wildman–Crippen MR) is 98.4 cm³/mol. The molecule has 0 aliphatic rings. The zero-order valence-corrected chi connectivity index (χ0v) is 15.1. The highest BCUT2D eigenvalue weighted by Gasteiger charge is 2.11. The first kappa shape index (κ1) is 19.6. The van der Waals surface area contributed by atoms with Gasteiger partial charge in [0.2, 0.25) is 0 Å². The van der Waals surface area contributed by atoms with E-state index in [0.717, 1.165) is 11.3 Å². The summed E-state index contributed by atoms with van der Waals surface area (Å²) >= 11 is 11.6. The average Bonchev–Trinajstić information content (AvgIpc) is 2.55. The minimum absolute atomic E-state index is 0.474. The van der Waals surface area contributed by atoms with Gasteiger partial charge in [-0.1, -0.05) is 6.07 Å². The molecule has 7 heteroatoms. The van der Waals surface area contributed by atoms with Crippen LogP contribution in [0.4, 0.5) is 24.5 Å². The maximum atomic E-state index is 13.6. The van der Waals surface area contributed by atoms with Gasteiger partial charge in [0.15, 0.2) is 11.6 Å². The second-order valence-corrected chi connectivity index (χ2v) is 6.14. The van der Waals surface area contributed by atoms with E-state index in [1.807, 2.05) is 24.0 Å². The van der Waals surface area contributed by atoms with Crippen molar-refractivity contribution in [1.82, 2.24) is 0 Å². The molecule has 134 valence electrons. The van der Waals surface area contributed by atoms with Crippen LogP contribution in [0.2, 0.25) is 0 Å². The van der Waals surface area contributed by atoms with Gasteiger partial charge in [-0.05, 0) is 30.2 Å². The normalized spacial score (nSPS) is 11.3. The molecule has 2 aromatic carbocycles. The van der Waals surface area contributed by atoms with Crippen molar-refractivity contribution in [3.8, 4) is 0 Å². The van der Waals surface area contributed by atoms with Crippen LogP contribution in [0.5, 0.6) is 0 Å². The van der Waals surface area contributed by atoms with E-state index >= 15 is 0 Å². The first-order valence-electron chi connectivity index (χ1n) is 7.62. The van der Waals surface area contributed by atoms with Crippen molar-refractivity contribution >= 4 is 40.8 Å². The van der Waals surface area contributed by atoms with Gasteiger partial charge in [0.1, 0.15) is 11.5 Å². The van der Waals surface area contributed by atoms with Crippen molar-refractivity contribution in [1.29, 1.82) is 0 Å². The Morgan fingerprint density at radius 3 is 2.12 bits per heavy atom. The molecule has 0 spiro atoms. The molecule has 0 aliphatic heterocycles. The van der Waals surface area contributed by atoms with E-state index in [1.54, 1.807) is 6.07 Å². The van der Waals surface area contributed by atoms with Crippen LogP contribution in [-0.2, 0) is 0 Å². The molecule has 0 radical (unpaired) electrons. The number of hydrogen-bond acceptors (Lipinski definition) is 2. The molecule has 2 rings (SSSR count). The number of alkyl halides is 2. The summed E-state index contributed by atoms with van der Waals surface area (Å²) in [7, 11) is 0. The number of anilines is 1. The largest absolute Gasteiger partial charge is 0.369 e. The number of aryl methyl sites for hydroxylation is 1. The minimum atomic E-state index is -1.04. The first-order chi connectivity index (χ1) is 12.0. The van der Waals surface area contributed by atoms with Crippen LogP contribution in [0.25, 0.3) is 0 Å². The second-order valence-electron chi connectivity index (χ2n) is 5.38. The molecule has 0 atom stereocenters. The fourth-order valence-electron chi connectivity index (χ4n) is 2.37. The molecule has 0 bridgehead atoms. The minimum Gasteiger partial charge on any atom is -0.369 e. The Kier molecular flexibility index (Phi) is 7.14. The van der Waals surface area contributed by atoms with Crippen molar-refractivity contribution < 1.29 is 13.2 Å². The number of hydrogen-bond donors (Lipinski definition) is 0. The summed E-state index contributed by atoms with van der Waals surface area (Å²) in [6.07, 6.45) is 1.35. The van der Waals surface area contributed by atoms with Crippen molar-refractivity contribution in [3.63, 3.8) is 0 Å². The summed E-state index contributed by atoms with van der Waals surface area (Å²) in [4.78, 5) is 5.88. The van der Waals surface area contributed by atoms with Gasteiger partial charge >= 0.3 is 0 Å². The van der Waals surface area contributed by atoms with Crippen LogP contribution in [0.3, 0.4) is 0 Å². The Hall–Kier alpha value is -1.72. The highest BCUT2D eigenvalue weighted by atomic mass is 35.5. The van der Waals surface area contributed by atoms with Crippen molar-refractivity contribution in [2.75, 3.05) is 29.7 Å². The quantitative estimate of drug-likeness (QED) is 0.454. The summed E-state index contributed by atoms with van der Waals surface area (Å²) in [6.45, 7) is 3.18. The molecule has 0 saturated heterocycles. The fraction of sp³-hybridized carbons (Fsp3) is 0.278. The third kappa shape index (κ3) is 5.13. The Bertz CT molecular complexity index is 737. The second kappa shape index (κ2) is 9.11. The molecule has 0 aromatic heterocycles. The van der Waals surface area contributed by atoms with Crippen molar-refractivity contribution in [2.45, 2.75) is 6.92 Å². The van der Waals surface area contributed by atoms with Gasteiger partial charge in [0, 0.05) is 48.9 Å². The molecule has 0 heterocycles. The van der Waals surface area contributed by atoms with Crippen LogP contribution in [-0.4, -0.2) is 31.1 Å². The van der Waals surface area contributed by atoms with Gasteiger partial charge in [-0.15, -0.1) is 23.2 Å². The molecule has 0 saturated carbocycles. The van der Waals surface area contributed by atoms with Gasteiger partial charge in [-0.25, -0.2) is 13.2 Å². The van der Waals surface area contributed by atoms with Crippen LogP contribution in [0.1, 0.15) is 11.1 Å². The Morgan fingerprint density at radius 2 is 1.60 bits per heavy atom. The first-order valence-corrected chi connectivity index (χ1v) is 8.69. The molecule has 0 N–H and O–H groups in total. The van der Waals surface area contributed by atoms with Gasteiger partial charge in [0.25, 0.3) is 0 Å². The lowest BCUT2D eigenvalue weighted by atomic mass is 10.1. The zero-order chi connectivity index (χ0) is 18.4. The third-order valence-corrected chi connectivity index (χ3v) is 3.98. The van der Waals surface area contributed by atoms with E-state index in [0.29, 0.717) is 42.5 Å². The molecular formula is C18H17Cl2F3N2. The molecule has 0 unspecified atom stereocenters. The van der Waals surface area contributed by atoms with E-state index in [-0.39, 0.29) is 0 Å². The van der Waals surface area contributed by atoms with Crippen LogP contribution in [0.15, 0.2) is 35.3 Å². The van der Waals surface area contributed by atoms with Gasteiger partial charge in [0.05, 0.1) is 0 Å². The van der Waals surface area contributed by atoms with Gasteiger partial charge in [-0.2, -0.15) is 0 Å². The summed E-state index contributed by atoms with van der Waals surface area (Å²) in [6, 6.07) is 6.79. The van der Waals surface area contributed by atoms with Crippen LogP contribution in [0, 0.1) is 24.4 Å². The van der Waals surface area contributed by atoms with Crippen molar-refractivity contribution in [3.05, 3.63) is 58.9 Å². The van der Waals surface area contributed by atoms with Gasteiger partial charge in [-0.3, -0.25) is 4.99 Å². The highest BCUT2D eigenvalue weighted by molar-refractivity contribution is 6.18. The lowest BCUT2D eigenvalue weighted by molar-refractivity contribution is 0.547. The summed E-state index contributed by atoms with van der Waals surface area (Å²) in [5.41, 5.74) is 2.01. The van der Waals surface area contributed by atoms with Crippen LogP contribution < -0.4 is 4.90 Å². The number of benzene rings is 2. The Balaban J connectivity index is 2.27. The van der Waals surface area contributed by atoms with E-state index in [4.69, 9.17) is 23.2 Å². The average molecular weight is 389 g/mol. The number of halogens is 5. The number of aliphatic imine (C=N–C) groups is 1. The molecule has 2 aromatic rings. The lowest BCUT2D eigenvalue weighted by Crippen LogP contribution is -2.27. The SMILES string of the molecule is Cc1cc(N(CCCl)CCCl)ccc1C=Nc1c(F)cc(F)cc1F. The predicted octanol–water partition coefficient (Wildman–Crippen LogP) is 5.45. The zero-order valence-electron chi connectivity index (χ0n) is 13.6. The molecular weight excluding hydrogens is 372 g/mol. The van der Waals surface area contributed by atoms with Gasteiger partial charge < -0.3 is 4.90 Å². The maximum Gasteiger partial charge on any atom is 0.154 e. The summed E-state index contributed by atoms with van der Waals surface area (Å²) in [5, 5.41) is 0. The standard InChI is InChI=1S/C18H17Cl2F3N2/c1-12-8-15(25(6-4-19)7-5-20)3-2-13(12)11-24-18-16(22)9-14(21)10-17(18)23/h2-3,8-11H,4-7H2,1H3. The topological polar surface area (TPSA) is 15.6 Å². The molecule has 0 aliphatic carbocycles.